The molecule has 0 aliphatic carbocycles. The van der Waals surface area contributed by atoms with Gasteiger partial charge >= 0.3 is 5.97 Å². The minimum absolute atomic E-state index is 0.0222. The van der Waals surface area contributed by atoms with Crippen molar-refractivity contribution < 1.29 is 19.5 Å². The number of carbonyl (C=O) groups is 3. The van der Waals surface area contributed by atoms with Crippen LogP contribution in [-0.4, -0.2) is 33.8 Å². The zero-order chi connectivity index (χ0) is 17.7. The van der Waals surface area contributed by atoms with E-state index in [0.29, 0.717) is 12.8 Å². The number of carboxylic acid groups (broad SMARTS) is 1. The Hall–Kier alpha value is -2.63. The van der Waals surface area contributed by atoms with Crippen LogP contribution in [0, 0.1) is 0 Å². The molecule has 0 fully saturated rings. The zero-order valence-electron chi connectivity index (χ0n) is 13.9. The van der Waals surface area contributed by atoms with E-state index >= 15 is 0 Å². The number of nitrogens with zero attached hydrogens (tertiary/aromatic N) is 1. The van der Waals surface area contributed by atoms with Crippen LogP contribution in [0.1, 0.15) is 50.3 Å². The van der Waals surface area contributed by atoms with E-state index in [1.807, 2.05) is 37.3 Å². The predicted molar refractivity (Wildman–Crippen MR) is 89.8 cm³/mol. The molecule has 2 rings (SSSR count). The minimum Gasteiger partial charge on any atom is -0.480 e. The molecule has 0 aromatic heterocycles. The van der Waals surface area contributed by atoms with Crippen molar-refractivity contribution in [3.8, 4) is 0 Å². The summed E-state index contributed by atoms with van der Waals surface area (Å²) in [5, 5.41) is 11.7. The van der Waals surface area contributed by atoms with E-state index in [9.17, 15) is 14.4 Å². The van der Waals surface area contributed by atoms with Crippen LogP contribution in [0.15, 0.2) is 30.5 Å². The summed E-state index contributed by atoms with van der Waals surface area (Å²) in [4.78, 5) is 36.9. The third kappa shape index (κ3) is 4.01. The van der Waals surface area contributed by atoms with Crippen LogP contribution in [0.2, 0.25) is 0 Å². The molecule has 6 nitrogen and oxygen atoms in total. The predicted octanol–water partition coefficient (Wildman–Crippen LogP) is 2.32. The lowest BCUT2D eigenvalue weighted by Gasteiger charge is -2.32. The molecule has 0 saturated carbocycles. The average molecular weight is 330 g/mol. The van der Waals surface area contributed by atoms with Crippen molar-refractivity contribution in [2.45, 2.75) is 45.2 Å². The van der Waals surface area contributed by atoms with E-state index in [4.69, 9.17) is 5.11 Å². The summed E-state index contributed by atoms with van der Waals surface area (Å²) in [7, 11) is 0. The van der Waals surface area contributed by atoms with E-state index < -0.39 is 18.1 Å². The van der Waals surface area contributed by atoms with Crippen molar-refractivity contribution in [2.24, 2.45) is 0 Å². The van der Waals surface area contributed by atoms with Gasteiger partial charge in [-0.2, -0.15) is 0 Å². The quantitative estimate of drug-likeness (QED) is 0.838. The molecule has 1 aromatic rings. The van der Waals surface area contributed by atoms with Gasteiger partial charge in [0, 0.05) is 13.1 Å². The van der Waals surface area contributed by atoms with Crippen molar-refractivity contribution in [1.82, 2.24) is 10.2 Å². The Balaban J connectivity index is 2.18. The van der Waals surface area contributed by atoms with Gasteiger partial charge in [-0.3, -0.25) is 9.59 Å². The molecule has 0 saturated heterocycles. The number of fused-ring (bicyclic) bond motifs is 1. The van der Waals surface area contributed by atoms with Crippen LogP contribution in [0.5, 0.6) is 0 Å². The van der Waals surface area contributed by atoms with Gasteiger partial charge in [-0.25, -0.2) is 4.79 Å². The van der Waals surface area contributed by atoms with Crippen molar-refractivity contribution in [3.63, 3.8) is 0 Å². The van der Waals surface area contributed by atoms with Gasteiger partial charge in [-0.15, -0.1) is 0 Å². The highest BCUT2D eigenvalue weighted by molar-refractivity contribution is 5.85. The van der Waals surface area contributed by atoms with Crippen molar-refractivity contribution in [3.05, 3.63) is 41.6 Å². The van der Waals surface area contributed by atoms with Gasteiger partial charge in [-0.05, 0) is 23.6 Å². The molecule has 0 radical (unpaired) electrons. The number of carboxylic acids is 1. The smallest absolute Gasteiger partial charge is 0.326 e. The number of benzene rings is 1. The first kappa shape index (κ1) is 17.7. The van der Waals surface area contributed by atoms with E-state index in [0.717, 1.165) is 11.1 Å². The van der Waals surface area contributed by atoms with Crippen LogP contribution < -0.4 is 5.32 Å². The molecule has 1 aliphatic rings. The Kier molecular flexibility index (Phi) is 5.73. The lowest BCUT2D eigenvalue weighted by molar-refractivity contribution is -0.142. The molecule has 1 aromatic carbocycles. The molecule has 1 heterocycles. The van der Waals surface area contributed by atoms with E-state index in [2.05, 4.69) is 5.32 Å². The molecule has 2 N–H and O–H groups in total. The maximum atomic E-state index is 12.3. The highest BCUT2D eigenvalue weighted by atomic mass is 16.4. The molecule has 2 unspecified atom stereocenters. The Morgan fingerprint density at radius 3 is 2.62 bits per heavy atom. The summed E-state index contributed by atoms with van der Waals surface area (Å²) in [6, 6.07) is 6.23. The largest absolute Gasteiger partial charge is 0.480 e. The van der Waals surface area contributed by atoms with Gasteiger partial charge in [0.1, 0.15) is 6.04 Å². The molecule has 24 heavy (non-hydrogen) atoms. The number of rotatable bonds is 6. The molecular weight excluding hydrogens is 308 g/mol. The Bertz CT molecular complexity index is 669. The van der Waals surface area contributed by atoms with Gasteiger partial charge in [0.25, 0.3) is 0 Å². The SMILES string of the molecule is CCCC(NC(=O)CC1c2ccccc2C=CN1C(C)=O)C(=O)O. The molecular formula is C18H22N2O4. The van der Waals surface area contributed by atoms with Crippen LogP contribution in [-0.2, 0) is 14.4 Å². The monoisotopic (exact) mass is 330 g/mol. The van der Waals surface area contributed by atoms with Crippen LogP contribution in [0.3, 0.4) is 0 Å². The van der Waals surface area contributed by atoms with Gasteiger partial charge in [0.15, 0.2) is 0 Å². The number of nitrogens with one attached hydrogen (secondary N) is 1. The lowest BCUT2D eigenvalue weighted by atomic mass is 9.93. The average Bonchev–Trinajstić information content (AvgIpc) is 2.54. The molecule has 2 amide bonds. The highest BCUT2D eigenvalue weighted by Crippen LogP contribution is 2.32. The topological polar surface area (TPSA) is 86.7 Å². The summed E-state index contributed by atoms with van der Waals surface area (Å²) < 4.78 is 0. The highest BCUT2D eigenvalue weighted by Gasteiger charge is 2.29. The van der Waals surface area contributed by atoms with Crippen molar-refractivity contribution in [1.29, 1.82) is 0 Å². The van der Waals surface area contributed by atoms with Crippen LogP contribution in [0.4, 0.5) is 0 Å². The fourth-order valence-electron chi connectivity index (χ4n) is 2.89. The third-order valence-electron chi connectivity index (χ3n) is 4.06. The number of hydrogen-bond acceptors (Lipinski definition) is 3. The van der Waals surface area contributed by atoms with Gasteiger partial charge < -0.3 is 15.3 Å². The number of aliphatic carboxylic acids is 1. The lowest BCUT2D eigenvalue weighted by Crippen LogP contribution is -2.42. The molecule has 0 spiro atoms. The summed E-state index contributed by atoms with van der Waals surface area (Å²) in [5.41, 5.74) is 1.84. The first-order valence-corrected chi connectivity index (χ1v) is 8.02. The third-order valence-corrected chi connectivity index (χ3v) is 4.06. The molecule has 0 bridgehead atoms. The fourth-order valence-corrected chi connectivity index (χ4v) is 2.89. The zero-order valence-corrected chi connectivity index (χ0v) is 13.9. The summed E-state index contributed by atoms with van der Waals surface area (Å²) >= 11 is 0. The fraction of sp³-hybridized carbons (Fsp3) is 0.389. The van der Waals surface area contributed by atoms with E-state index in [-0.39, 0.29) is 18.2 Å². The summed E-state index contributed by atoms with van der Waals surface area (Å²) in [6.07, 6.45) is 4.56. The Morgan fingerprint density at radius 2 is 2.00 bits per heavy atom. The second kappa shape index (κ2) is 7.77. The standard InChI is InChI=1S/C18H22N2O4/c1-3-6-15(18(23)24)19-17(22)11-16-14-8-5-4-7-13(14)9-10-20(16)12(2)21/h4-5,7-10,15-16H,3,6,11H2,1-2H3,(H,19,22)(H,23,24). The molecule has 128 valence electrons. The minimum atomic E-state index is -1.04. The Morgan fingerprint density at radius 1 is 1.29 bits per heavy atom. The van der Waals surface area contributed by atoms with Crippen molar-refractivity contribution in [2.75, 3.05) is 0 Å². The van der Waals surface area contributed by atoms with Gasteiger partial charge in [0.05, 0.1) is 12.5 Å². The Labute approximate surface area is 141 Å². The number of amides is 2. The van der Waals surface area contributed by atoms with Crippen LogP contribution >= 0.6 is 0 Å². The van der Waals surface area contributed by atoms with Gasteiger partial charge in [0.2, 0.25) is 11.8 Å². The normalized spacial score (nSPS) is 17.1. The number of hydrogen-bond donors (Lipinski definition) is 2. The van der Waals surface area contributed by atoms with E-state index in [1.54, 1.807) is 6.20 Å². The maximum Gasteiger partial charge on any atom is 0.326 e. The second-order valence-corrected chi connectivity index (χ2v) is 5.84. The maximum absolute atomic E-state index is 12.3. The van der Waals surface area contributed by atoms with Crippen LogP contribution in [0.25, 0.3) is 6.08 Å². The van der Waals surface area contributed by atoms with Gasteiger partial charge in [-0.1, -0.05) is 37.6 Å². The second-order valence-electron chi connectivity index (χ2n) is 5.84. The van der Waals surface area contributed by atoms with E-state index in [1.165, 1.54) is 11.8 Å². The molecule has 6 heteroatoms. The molecule has 1 aliphatic heterocycles. The summed E-state index contributed by atoms with van der Waals surface area (Å²) in [5.74, 6) is -1.59. The molecule has 2 atom stereocenters. The number of carbonyl (C=O) groups excluding carboxylic acids is 2. The van der Waals surface area contributed by atoms with Crippen molar-refractivity contribution >= 4 is 23.9 Å². The summed E-state index contributed by atoms with van der Waals surface area (Å²) in [6.45, 7) is 3.31. The first-order chi connectivity index (χ1) is 11.4. The first-order valence-electron chi connectivity index (χ1n) is 8.02.